The Morgan fingerprint density at radius 3 is 2.24 bits per heavy atom. The average Bonchev–Trinajstić information content (AvgIpc) is 3.47. The van der Waals surface area contributed by atoms with E-state index < -0.39 is 35.7 Å². The Morgan fingerprint density at radius 1 is 0.822 bits per heavy atom. The number of para-hydroxylation sites is 1. The van der Waals surface area contributed by atoms with Crippen molar-refractivity contribution in [2.24, 2.45) is 0 Å². The van der Waals surface area contributed by atoms with Crippen LogP contribution >= 0.6 is 0 Å². The van der Waals surface area contributed by atoms with Gasteiger partial charge < -0.3 is 30.2 Å². The number of hydrogen-bond donors (Lipinski definition) is 4. The van der Waals surface area contributed by atoms with Crippen LogP contribution in [0.1, 0.15) is 21.5 Å². The van der Waals surface area contributed by atoms with Gasteiger partial charge in [-0.05, 0) is 40.5 Å². The molecule has 9 nitrogen and oxygen atoms in total. The highest BCUT2D eigenvalue weighted by Gasteiger charge is 2.28. The van der Waals surface area contributed by atoms with E-state index in [2.05, 4.69) is 15.6 Å². The van der Waals surface area contributed by atoms with Crippen molar-refractivity contribution in [1.29, 1.82) is 0 Å². The van der Waals surface area contributed by atoms with Crippen molar-refractivity contribution in [1.82, 2.24) is 15.6 Å². The van der Waals surface area contributed by atoms with Crippen LogP contribution in [0.4, 0.5) is 4.39 Å². The molecule has 10 heteroatoms. The molecule has 5 rings (SSSR count). The maximum atomic E-state index is 14.2. The first-order chi connectivity index (χ1) is 21.7. The third-order valence-corrected chi connectivity index (χ3v) is 7.51. The summed E-state index contributed by atoms with van der Waals surface area (Å²) in [6, 6.07) is 23.7. The third kappa shape index (κ3) is 7.30. The summed E-state index contributed by atoms with van der Waals surface area (Å²) in [7, 11) is 2.89. The lowest BCUT2D eigenvalue weighted by atomic mass is 9.99. The number of aliphatic carboxylic acids is 1. The van der Waals surface area contributed by atoms with Crippen molar-refractivity contribution in [3.8, 4) is 22.6 Å². The number of aromatic nitrogens is 1. The second kappa shape index (κ2) is 13.8. The molecule has 2 amide bonds. The smallest absolute Gasteiger partial charge is 0.326 e. The molecule has 0 aliphatic rings. The lowest BCUT2D eigenvalue weighted by molar-refractivity contribution is -0.142. The van der Waals surface area contributed by atoms with Crippen LogP contribution in [0, 0.1) is 5.82 Å². The van der Waals surface area contributed by atoms with E-state index in [-0.39, 0.29) is 24.2 Å². The summed E-state index contributed by atoms with van der Waals surface area (Å²) in [5, 5.41) is 16.1. The quantitative estimate of drug-likeness (QED) is 0.155. The number of carboxylic acids is 1. The Kier molecular flexibility index (Phi) is 9.43. The lowest BCUT2D eigenvalue weighted by Crippen LogP contribution is -2.53. The average molecular weight is 610 g/mol. The lowest BCUT2D eigenvalue weighted by Gasteiger charge is -2.22. The van der Waals surface area contributed by atoms with Crippen LogP contribution in [-0.4, -0.2) is 54.2 Å². The van der Waals surface area contributed by atoms with Gasteiger partial charge in [0.2, 0.25) is 5.91 Å². The zero-order chi connectivity index (χ0) is 31.9. The van der Waals surface area contributed by atoms with Crippen LogP contribution in [-0.2, 0) is 22.4 Å². The van der Waals surface area contributed by atoms with Crippen LogP contribution in [0.5, 0.6) is 11.5 Å². The molecule has 0 spiro atoms. The van der Waals surface area contributed by atoms with Gasteiger partial charge in [0.05, 0.1) is 19.7 Å². The second-order valence-electron chi connectivity index (χ2n) is 10.5. The number of carbonyl (C=O) groups excluding carboxylic acids is 2. The molecule has 1 heterocycles. The Bertz CT molecular complexity index is 1820. The molecule has 0 bridgehead atoms. The number of methoxy groups -OCH3 is 2. The highest BCUT2D eigenvalue weighted by Crippen LogP contribution is 2.28. The summed E-state index contributed by atoms with van der Waals surface area (Å²) in [5.74, 6) is -2.61. The Morgan fingerprint density at radius 2 is 1.56 bits per heavy atom. The Labute approximate surface area is 259 Å². The number of amides is 2. The molecular formula is C35H32FN3O6. The van der Waals surface area contributed by atoms with Crippen molar-refractivity contribution in [2.45, 2.75) is 24.9 Å². The van der Waals surface area contributed by atoms with Crippen LogP contribution in [0.15, 0.2) is 97.2 Å². The molecule has 230 valence electrons. The van der Waals surface area contributed by atoms with Gasteiger partial charge in [-0.25, -0.2) is 9.18 Å². The van der Waals surface area contributed by atoms with E-state index >= 15 is 0 Å². The van der Waals surface area contributed by atoms with E-state index in [0.717, 1.165) is 34.2 Å². The van der Waals surface area contributed by atoms with Crippen molar-refractivity contribution in [2.75, 3.05) is 14.2 Å². The van der Waals surface area contributed by atoms with E-state index in [1.54, 1.807) is 25.4 Å². The summed E-state index contributed by atoms with van der Waals surface area (Å²) < 4.78 is 24.6. The van der Waals surface area contributed by atoms with Crippen molar-refractivity contribution in [3.63, 3.8) is 0 Å². The van der Waals surface area contributed by atoms with Gasteiger partial charge in [-0.1, -0.05) is 66.7 Å². The second-order valence-corrected chi connectivity index (χ2v) is 10.5. The number of aromatic amines is 1. The molecule has 4 N–H and O–H groups in total. The summed E-state index contributed by atoms with van der Waals surface area (Å²) in [5.41, 5.74) is 4.04. The molecule has 4 aromatic carbocycles. The SMILES string of the molecule is COc1cc(F)cc(C(=O)N[C@H](Cc2ccc(-c3ccccc3)cc2)C(=O)N[C@@H](Cc2c[nH]c3c(OC)cccc23)C(=O)O)c1. The molecule has 0 fully saturated rings. The molecular weight excluding hydrogens is 577 g/mol. The summed E-state index contributed by atoms with van der Waals surface area (Å²) >= 11 is 0. The first-order valence-electron chi connectivity index (χ1n) is 14.2. The standard InChI is InChI=1S/C35H32FN3O6/c1-44-27-17-24(16-26(36)19-27)33(40)38-29(15-21-11-13-23(14-12-21)22-7-4-3-5-8-22)34(41)39-30(35(42)43)18-25-20-37-32-28(25)9-6-10-31(32)45-2/h3-14,16-17,19-20,29-30,37H,15,18H2,1-2H3,(H,38,40)(H,39,41)(H,42,43)/t29-,30+/m1/s1. The van der Waals surface area contributed by atoms with E-state index in [9.17, 15) is 23.9 Å². The largest absolute Gasteiger partial charge is 0.497 e. The Balaban J connectivity index is 1.40. The third-order valence-electron chi connectivity index (χ3n) is 7.51. The number of hydrogen-bond acceptors (Lipinski definition) is 5. The molecule has 0 saturated carbocycles. The van der Waals surface area contributed by atoms with Crippen LogP contribution in [0.25, 0.3) is 22.0 Å². The van der Waals surface area contributed by atoms with Crippen molar-refractivity contribution >= 4 is 28.7 Å². The van der Waals surface area contributed by atoms with Crippen molar-refractivity contribution < 1.29 is 33.4 Å². The highest BCUT2D eigenvalue weighted by molar-refractivity contribution is 5.98. The fraction of sp³-hybridized carbons (Fsp3) is 0.171. The number of ether oxygens (including phenoxy) is 2. The van der Waals surface area contributed by atoms with Gasteiger partial charge in [0.1, 0.15) is 29.4 Å². The minimum atomic E-state index is -1.31. The molecule has 2 atom stereocenters. The predicted octanol–water partition coefficient (Wildman–Crippen LogP) is 5.14. The summed E-state index contributed by atoms with van der Waals surface area (Å²) in [4.78, 5) is 42.4. The van der Waals surface area contributed by atoms with Gasteiger partial charge in [0.25, 0.3) is 5.91 Å². The van der Waals surface area contributed by atoms with E-state index in [1.165, 1.54) is 13.2 Å². The monoisotopic (exact) mass is 609 g/mol. The van der Waals surface area contributed by atoms with E-state index in [0.29, 0.717) is 16.8 Å². The highest BCUT2D eigenvalue weighted by atomic mass is 19.1. The number of benzene rings is 4. The number of fused-ring (bicyclic) bond motifs is 1. The minimum Gasteiger partial charge on any atom is -0.497 e. The normalized spacial score (nSPS) is 12.2. The Hall–Kier alpha value is -5.64. The zero-order valence-electron chi connectivity index (χ0n) is 24.7. The molecule has 0 radical (unpaired) electrons. The molecule has 1 aromatic heterocycles. The molecule has 45 heavy (non-hydrogen) atoms. The van der Waals surface area contributed by atoms with Crippen LogP contribution in [0.3, 0.4) is 0 Å². The van der Waals surface area contributed by atoms with Gasteiger partial charge in [-0.3, -0.25) is 9.59 Å². The molecule has 0 unspecified atom stereocenters. The van der Waals surface area contributed by atoms with Gasteiger partial charge >= 0.3 is 5.97 Å². The molecule has 0 aliphatic carbocycles. The number of carbonyl (C=O) groups is 3. The number of nitrogens with one attached hydrogen (secondary N) is 3. The number of halogens is 1. The topological polar surface area (TPSA) is 130 Å². The van der Waals surface area contributed by atoms with E-state index in [1.807, 2.05) is 60.7 Å². The molecule has 5 aromatic rings. The van der Waals surface area contributed by atoms with Crippen molar-refractivity contribution in [3.05, 3.63) is 120 Å². The van der Waals surface area contributed by atoms with Gasteiger partial charge in [0, 0.05) is 36.1 Å². The number of H-pyrrole nitrogens is 1. The zero-order valence-corrected chi connectivity index (χ0v) is 24.7. The first-order valence-corrected chi connectivity index (χ1v) is 14.2. The molecule has 0 saturated heterocycles. The maximum Gasteiger partial charge on any atom is 0.326 e. The summed E-state index contributed by atoms with van der Waals surface area (Å²) in [6.45, 7) is 0. The first kappa shape index (κ1) is 30.8. The van der Waals surface area contributed by atoms with Crippen LogP contribution < -0.4 is 20.1 Å². The van der Waals surface area contributed by atoms with Gasteiger partial charge in [0.15, 0.2) is 0 Å². The summed E-state index contributed by atoms with van der Waals surface area (Å²) in [6.07, 6.45) is 1.71. The maximum absolute atomic E-state index is 14.2. The number of rotatable bonds is 12. The predicted molar refractivity (Wildman–Crippen MR) is 168 cm³/mol. The molecule has 0 aliphatic heterocycles. The van der Waals surface area contributed by atoms with E-state index in [4.69, 9.17) is 9.47 Å². The van der Waals surface area contributed by atoms with Crippen LogP contribution in [0.2, 0.25) is 0 Å². The van der Waals surface area contributed by atoms with Gasteiger partial charge in [-0.2, -0.15) is 0 Å². The number of carboxylic acid groups (broad SMARTS) is 1. The fourth-order valence-electron chi connectivity index (χ4n) is 5.18. The van der Waals surface area contributed by atoms with Gasteiger partial charge in [-0.15, -0.1) is 0 Å². The fourth-order valence-corrected chi connectivity index (χ4v) is 5.18. The minimum absolute atomic E-state index is 0.0260.